The van der Waals surface area contributed by atoms with Gasteiger partial charge < -0.3 is 4.90 Å². The molecule has 2 saturated heterocycles. The predicted molar refractivity (Wildman–Crippen MR) is 157 cm³/mol. The van der Waals surface area contributed by atoms with Crippen molar-refractivity contribution in [3.63, 3.8) is 0 Å². The molecule has 1 atom stereocenters. The second-order valence-corrected chi connectivity index (χ2v) is 11.4. The average molecular weight is 568 g/mol. The molecule has 1 aromatic heterocycles. The van der Waals surface area contributed by atoms with Crippen LogP contribution in [0.15, 0.2) is 79.0 Å². The Morgan fingerprint density at radius 2 is 1.71 bits per heavy atom. The molecule has 0 N–H and O–H groups in total. The molecular weight excluding hydrogens is 537 g/mol. The van der Waals surface area contributed by atoms with Crippen molar-refractivity contribution < 1.29 is 9.18 Å². The summed E-state index contributed by atoms with van der Waals surface area (Å²) in [4.78, 5) is 18.3. The molecule has 208 valence electrons. The van der Waals surface area contributed by atoms with Crippen LogP contribution in [0.2, 0.25) is 5.02 Å². The molecule has 0 aliphatic carbocycles. The lowest BCUT2D eigenvalue weighted by Crippen LogP contribution is -2.34. The van der Waals surface area contributed by atoms with Crippen LogP contribution in [-0.2, 0) is 6.54 Å². The van der Waals surface area contributed by atoms with E-state index in [-0.39, 0.29) is 11.8 Å². The van der Waals surface area contributed by atoms with E-state index in [1.54, 1.807) is 23.0 Å². The van der Waals surface area contributed by atoms with E-state index in [1.807, 2.05) is 47.4 Å². The molecule has 3 heterocycles. The Kier molecular flexibility index (Phi) is 7.86. The highest BCUT2D eigenvalue weighted by Crippen LogP contribution is 2.35. The number of hydrogen-bond acceptors (Lipinski definition) is 4. The Morgan fingerprint density at radius 3 is 2.41 bits per heavy atom. The van der Waals surface area contributed by atoms with Crippen LogP contribution in [-0.4, -0.2) is 51.7 Å². The number of benzene rings is 3. The molecule has 3 aromatic carbocycles. The van der Waals surface area contributed by atoms with E-state index in [0.717, 1.165) is 50.2 Å². The lowest BCUT2D eigenvalue weighted by Gasteiger charge is -2.33. The van der Waals surface area contributed by atoms with Gasteiger partial charge >= 0.3 is 0 Å². The SMILES string of the molecule is N#Cc1ccc(CN2CCC(c3c(C(=O)N4CC[C@H](c5ccccc5)C4)cnn3-c3ccc(Cl)cc3F)CC2)cc1. The number of carbonyl (C=O) groups excluding carboxylic acids is 1. The van der Waals surface area contributed by atoms with Gasteiger partial charge in [0.2, 0.25) is 0 Å². The highest BCUT2D eigenvalue weighted by atomic mass is 35.5. The smallest absolute Gasteiger partial charge is 0.257 e. The van der Waals surface area contributed by atoms with Crippen LogP contribution in [0.5, 0.6) is 0 Å². The quantitative estimate of drug-likeness (QED) is 0.265. The fourth-order valence-corrected chi connectivity index (χ4v) is 6.34. The van der Waals surface area contributed by atoms with Crippen LogP contribution < -0.4 is 0 Å². The van der Waals surface area contributed by atoms with Gasteiger partial charge in [-0.1, -0.05) is 54.1 Å². The minimum absolute atomic E-state index is 0.0425. The van der Waals surface area contributed by atoms with Crippen molar-refractivity contribution in [2.75, 3.05) is 26.2 Å². The number of rotatable bonds is 6. The Bertz CT molecular complexity index is 1570. The van der Waals surface area contributed by atoms with Gasteiger partial charge in [0.05, 0.1) is 29.1 Å². The van der Waals surface area contributed by atoms with Crippen LogP contribution in [0.3, 0.4) is 0 Å². The topological polar surface area (TPSA) is 65.2 Å². The van der Waals surface area contributed by atoms with Gasteiger partial charge in [-0.25, -0.2) is 9.07 Å². The van der Waals surface area contributed by atoms with E-state index in [1.165, 1.54) is 11.6 Å². The first kappa shape index (κ1) is 27.2. The molecule has 0 saturated carbocycles. The molecule has 2 aliphatic rings. The number of aromatic nitrogens is 2. The zero-order valence-electron chi connectivity index (χ0n) is 22.7. The standard InChI is InChI=1S/C33H31ClFN5O/c34-28-10-11-31(30(35)18-28)40-32(26-12-15-38(16-13-26)21-24-8-6-23(19-36)7-9-24)29(20-37-40)33(41)39-17-14-27(22-39)25-4-2-1-3-5-25/h1-11,18,20,26-27H,12-17,21-22H2/t27-/m0/s1. The molecule has 0 unspecified atom stereocenters. The first-order chi connectivity index (χ1) is 20.0. The lowest BCUT2D eigenvalue weighted by atomic mass is 9.90. The van der Waals surface area contributed by atoms with Crippen molar-refractivity contribution in [1.82, 2.24) is 19.6 Å². The molecule has 0 bridgehead atoms. The Morgan fingerprint density at radius 1 is 0.976 bits per heavy atom. The highest BCUT2D eigenvalue weighted by Gasteiger charge is 2.34. The van der Waals surface area contributed by atoms with E-state index in [2.05, 4.69) is 28.2 Å². The summed E-state index contributed by atoms with van der Waals surface area (Å²) in [5.74, 6) is -0.155. The third-order valence-corrected chi connectivity index (χ3v) is 8.62. The van der Waals surface area contributed by atoms with Gasteiger partial charge in [-0.05, 0) is 73.8 Å². The number of amides is 1. The Labute approximate surface area is 244 Å². The van der Waals surface area contributed by atoms with Gasteiger partial charge in [-0.3, -0.25) is 9.69 Å². The van der Waals surface area contributed by atoms with Crippen LogP contribution in [0, 0.1) is 17.1 Å². The maximum atomic E-state index is 15.1. The van der Waals surface area contributed by atoms with Gasteiger partial charge in [0.1, 0.15) is 11.5 Å². The number of carbonyl (C=O) groups is 1. The summed E-state index contributed by atoms with van der Waals surface area (Å²) < 4.78 is 16.7. The number of nitriles is 1. The van der Waals surface area contributed by atoms with Gasteiger partial charge in [0.15, 0.2) is 0 Å². The van der Waals surface area contributed by atoms with Crippen LogP contribution in [0.25, 0.3) is 5.69 Å². The Balaban J connectivity index is 1.25. The molecule has 1 amide bonds. The molecule has 6 rings (SSSR count). The van der Waals surface area contributed by atoms with Crippen molar-refractivity contribution >= 4 is 17.5 Å². The normalized spacial score (nSPS) is 18.0. The minimum atomic E-state index is -0.468. The number of halogens is 2. The third kappa shape index (κ3) is 5.76. The summed E-state index contributed by atoms with van der Waals surface area (Å²) in [5.41, 5.74) is 4.69. The second-order valence-electron chi connectivity index (χ2n) is 11.0. The van der Waals surface area contributed by atoms with Crippen molar-refractivity contribution in [2.45, 2.75) is 37.6 Å². The van der Waals surface area contributed by atoms with Gasteiger partial charge in [0, 0.05) is 36.5 Å². The minimum Gasteiger partial charge on any atom is -0.338 e. The molecule has 8 heteroatoms. The summed E-state index contributed by atoms with van der Waals surface area (Å²) in [5, 5.41) is 14.0. The maximum Gasteiger partial charge on any atom is 0.257 e. The largest absolute Gasteiger partial charge is 0.338 e. The number of likely N-dealkylation sites (tertiary alicyclic amines) is 2. The van der Waals surface area contributed by atoms with Gasteiger partial charge in [0.25, 0.3) is 5.91 Å². The molecule has 41 heavy (non-hydrogen) atoms. The summed E-state index contributed by atoms with van der Waals surface area (Å²) >= 11 is 6.05. The van der Waals surface area contributed by atoms with Crippen molar-refractivity contribution in [3.05, 3.63) is 118 Å². The number of nitrogens with zero attached hydrogens (tertiary/aromatic N) is 5. The first-order valence-electron chi connectivity index (χ1n) is 14.1. The summed E-state index contributed by atoms with van der Waals surface area (Å²) in [6, 6.07) is 24.7. The molecule has 0 spiro atoms. The summed E-state index contributed by atoms with van der Waals surface area (Å²) in [7, 11) is 0. The van der Waals surface area contributed by atoms with Crippen LogP contribution in [0.1, 0.15) is 63.8 Å². The lowest BCUT2D eigenvalue weighted by molar-refractivity contribution is 0.0788. The highest BCUT2D eigenvalue weighted by molar-refractivity contribution is 6.30. The third-order valence-electron chi connectivity index (χ3n) is 8.38. The Hall–Kier alpha value is -3.99. The van der Waals surface area contributed by atoms with Crippen molar-refractivity contribution in [1.29, 1.82) is 5.26 Å². The summed E-state index contributed by atoms with van der Waals surface area (Å²) in [6.07, 6.45) is 4.18. The molecule has 0 radical (unpaired) electrons. The molecule has 6 nitrogen and oxygen atoms in total. The average Bonchev–Trinajstić information content (AvgIpc) is 3.67. The first-order valence-corrected chi connectivity index (χ1v) is 14.5. The fourth-order valence-electron chi connectivity index (χ4n) is 6.18. The van der Waals surface area contributed by atoms with E-state index in [0.29, 0.717) is 40.8 Å². The number of hydrogen-bond donors (Lipinski definition) is 0. The van der Waals surface area contributed by atoms with E-state index in [4.69, 9.17) is 16.9 Å². The zero-order chi connectivity index (χ0) is 28.3. The molecule has 2 aliphatic heterocycles. The van der Waals surface area contributed by atoms with Crippen LogP contribution >= 0.6 is 11.6 Å². The molecule has 4 aromatic rings. The zero-order valence-corrected chi connectivity index (χ0v) is 23.5. The van der Waals surface area contributed by atoms with Crippen molar-refractivity contribution in [2.24, 2.45) is 0 Å². The predicted octanol–water partition coefficient (Wildman–Crippen LogP) is 6.55. The van der Waals surface area contributed by atoms with Crippen LogP contribution in [0.4, 0.5) is 4.39 Å². The van der Waals surface area contributed by atoms with E-state index in [9.17, 15) is 4.79 Å². The molecule has 2 fully saturated rings. The fraction of sp³-hybridized carbons (Fsp3) is 0.303. The monoisotopic (exact) mass is 567 g/mol. The van der Waals surface area contributed by atoms with Gasteiger partial charge in [-0.15, -0.1) is 0 Å². The summed E-state index contributed by atoms with van der Waals surface area (Å²) in [6.45, 7) is 3.82. The molecular formula is C33H31ClFN5O. The van der Waals surface area contributed by atoms with Gasteiger partial charge in [-0.2, -0.15) is 10.4 Å². The second kappa shape index (κ2) is 11.9. The van der Waals surface area contributed by atoms with E-state index < -0.39 is 5.82 Å². The maximum absolute atomic E-state index is 15.1. The van der Waals surface area contributed by atoms with E-state index >= 15 is 4.39 Å². The van der Waals surface area contributed by atoms with Crippen molar-refractivity contribution in [3.8, 4) is 11.8 Å². The number of piperidine rings is 1.